The minimum Gasteiger partial charge on any atom is -0.396 e. The van der Waals surface area contributed by atoms with E-state index >= 15 is 0 Å². The number of rotatable bonds is 6. The van der Waals surface area contributed by atoms with Crippen LogP contribution in [-0.2, 0) is 4.79 Å². The molecular weight excluding hydrogens is 256 g/mol. The zero-order chi connectivity index (χ0) is 15.1. The molecule has 0 bridgehead atoms. The third kappa shape index (κ3) is 5.40. The lowest BCUT2D eigenvalue weighted by molar-refractivity contribution is -0.120. The minimum atomic E-state index is -0.262. The second-order valence-electron chi connectivity index (χ2n) is 5.15. The first-order valence-electron chi connectivity index (χ1n) is 6.66. The Kier molecular flexibility index (Phi) is 6.18. The third-order valence-electron chi connectivity index (χ3n) is 2.85. The number of nitrogens with one attached hydrogen (secondary N) is 2. The molecule has 1 unspecified atom stereocenters. The van der Waals surface area contributed by atoms with Crippen molar-refractivity contribution in [1.82, 2.24) is 10.6 Å². The van der Waals surface area contributed by atoms with E-state index in [0.717, 1.165) is 11.1 Å². The number of hydrogen-bond acceptors (Lipinski definition) is 3. The highest BCUT2D eigenvalue weighted by atomic mass is 16.3. The van der Waals surface area contributed by atoms with Crippen molar-refractivity contribution in [2.45, 2.75) is 20.8 Å². The standard InChI is InChI=1S/C15H22N2O3/c1-10-4-11(2)6-13(5-10)15(20)17-8-14(19)16-7-12(3)9-18/h4-6,12,18H,7-9H2,1-3H3,(H,16,19)(H,17,20). The quantitative estimate of drug-likeness (QED) is 0.719. The van der Waals surface area contributed by atoms with Crippen molar-refractivity contribution >= 4 is 11.8 Å². The predicted molar refractivity (Wildman–Crippen MR) is 77.5 cm³/mol. The van der Waals surface area contributed by atoms with Crippen molar-refractivity contribution in [1.29, 1.82) is 0 Å². The lowest BCUT2D eigenvalue weighted by atomic mass is 10.1. The van der Waals surface area contributed by atoms with Gasteiger partial charge in [-0.15, -0.1) is 0 Å². The van der Waals surface area contributed by atoms with Crippen LogP contribution in [-0.4, -0.2) is 36.6 Å². The molecule has 0 saturated carbocycles. The van der Waals surface area contributed by atoms with Crippen LogP contribution in [0.2, 0.25) is 0 Å². The van der Waals surface area contributed by atoms with Gasteiger partial charge in [0.15, 0.2) is 0 Å². The highest BCUT2D eigenvalue weighted by molar-refractivity contribution is 5.96. The summed E-state index contributed by atoms with van der Waals surface area (Å²) in [6.07, 6.45) is 0. The molecule has 1 aromatic rings. The first kappa shape index (κ1) is 16.2. The Morgan fingerprint density at radius 3 is 2.30 bits per heavy atom. The summed E-state index contributed by atoms with van der Waals surface area (Å²) in [4.78, 5) is 23.4. The zero-order valence-corrected chi connectivity index (χ0v) is 12.2. The van der Waals surface area contributed by atoms with Crippen LogP contribution in [0.4, 0.5) is 0 Å². The Hall–Kier alpha value is -1.88. The summed E-state index contributed by atoms with van der Waals surface area (Å²) in [5.74, 6) is -0.515. The number of aliphatic hydroxyl groups is 1. The van der Waals surface area contributed by atoms with Gasteiger partial charge >= 0.3 is 0 Å². The maximum atomic E-state index is 11.9. The molecule has 1 atom stereocenters. The van der Waals surface area contributed by atoms with Crippen molar-refractivity contribution in [2.75, 3.05) is 19.7 Å². The van der Waals surface area contributed by atoms with Gasteiger partial charge in [-0.1, -0.05) is 24.1 Å². The number of carbonyl (C=O) groups excluding carboxylic acids is 2. The largest absolute Gasteiger partial charge is 0.396 e. The molecule has 0 aliphatic heterocycles. The molecule has 0 radical (unpaired) electrons. The summed E-state index contributed by atoms with van der Waals surface area (Å²) in [6, 6.07) is 5.56. The van der Waals surface area contributed by atoms with Crippen LogP contribution in [0.15, 0.2) is 18.2 Å². The van der Waals surface area contributed by atoms with Gasteiger partial charge < -0.3 is 15.7 Å². The summed E-state index contributed by atoms with van der Waals surface area (Å²) in [5, 5.41) is 14.1. The summed E-state index contributed by atoms with van der Waals surface area (Å²) in [5.41, 5.74) is 2.58. The highest BCUT2D eigenvalue weighted by Crippen LogP contribution is 2.08. The van der Waals surface area contributed by atoms with E-state index in [0.29, 0.717) is 12.1 Å². The molecule has 5 heteroatoms. The van der Waals surface area contributed by atoms with Crippen LogP contribution >= 0.6 is 0 Å². The van der Waals surface area contributed by atoms with Gasteiger partial charge in [-0.3, -0.25) is 9.59 Å². The van der Waals surface area contributed by atoms with Crippen LogP contribution in [0.25, 0.3) is 0 Å². The Labute approximate surface area is 119 Å². The average molecular weight is 278 g/mol. The van der Waals surface area contributed by atoms with Crippen LogP contribution in [0.1, 0.15) is 28.4 Å². The molecule has 5 nitrogen and oxygen atoms in total. The predicted octanol–water partition coefficient (Wildman–Crippen LogP) is 0.778. The third-order valence-corrected chi connectivity index (χ3v) is 2.85. The fraction of sp³-hybridized carbons (Fsp3) is 0.467. The number of hydrogen-bond donors (Lipinski definition) is 3. The number of amides is 2. The summed E-state index contributed by atoms with van der Waals surface area (Å²) >= 11 is 0. The maximum Gasteiger partial charge on any atom is 0.251 e. The maximum absolute atomic E-state index is 11.9. The molecule has 110 valence electrons. The fourth-order valence-electron chi connectivity index (χ4n) is 1.78. The van der Waals surface area contributed by atoms with Crippen LogP contribution in [0.5, 0.6) is 0 Å². The minimum absolute atomic E-state index is 0.00840. The van der Waals surface area contributed by atoms with Crippen LogP contribution in [0.3, 0.4) is 0 Å². The van der Waals surface area contributed by atoms with E-state index in [-0.39, 0.29) is 30.9 Å². The molecule has 1 aromatic carbocycles. The highest BCUT2D eigenvalue weighted by Gasteiger charge is 2.09. The van der Waals surface area contributed by atoms with Gasteiger partial charge in [-0.25, -0.2) is 0 Å². The lowest BCUT2D eigenvalue weighted by Gasteiger charge is -2.10. The monoisotopic (exact) mass is 278 g/mol. The van der Waals surface area contributed by atoms with E-state index in [1.54, 1.807) is 12.1 Å². The molecule has 0 fully saturated rings. The molecule has 20 heavy (non-hydrogen) atoms. The number of aliphatic hydroxyl groups excluding tert-OH is 1. The van der Waals surface area contributed by atoms with E-state index in [2.05, 4.69) is 10.6 Å². The van der Waals surface area contributed by atoms with Gasteiger partial charge in [-0.2, -0.15) is 0 Å². The van der Waals surface area contributed by atoms with Gasteiger partial charge in [0, 0.05) is 18.7 Å². The van der Waals surface area contributed by atoms with E-state index in [9.17, 15) is 9.59 Å². The van der Waals surface area contributed by atoms with Crippen molar-refractivity contribution in [3.63, 3.8) is 0 Å². The summed E-state index contributed by atoms with van der Waals surface area (Å²) in [6.45, 7) is 6.03. The van der Waals surface area contributed by atoms with Crippen LogP contribution in [0, 0.1) is 19.8 Å². The Bertz CT molecular complexity index is 466. The Morgan fingerprint density at radius 1 is 1.15 bits per heavy atom. The summed E-state index contributed by atoms with van der Waals surface area (Å²) in [7, 11) is 0. The molecule has 0 saturated heterocycles. The molecule has 1 rings (SSSR count). The number of carbonyl (C=O) groups is 2. The molecule has 0 aliphatic carbocycles. The van der Waals surface area contributed by atoms with Crippen molar-refractivity contribution in [2.24, 2.45) is 5.92 Å². The lowest BCUT2D eigenvalue weighted by Crippen LogP contribution is -2.39. The fourth-order valence-corrected chi connectivity index (χ4v) is 1.78. The van der Waals surface area contributed by atoms with Gasteiger partial charge in [0.05, 0.1) is 6.54 Å². The second-order valence-corrected chi connectivity index (χ2v) is 5.15. The van der Waals surface area contributed by atoms with E-state index in [1.165, 1.54) is 0 Å². The van der Waals surface area contributed by atoms with E-state index in [1.807, 2.05) is 26.8 Å². The molecule has 0 aromatic heterocycles. The molecular formula is C15H22N2O3. The zero-order valence-electron chi connectivity index (χ0n) is 12.2. The van der Waals surface area contributed by atoms with Crippen molar-refractivity contribution in [3.8, 4) is 0 Å². The van der Waals surface area contributed by atoms with E-state index < -0.39 is 0 Å². The smallest absolute Gasteiger partial charge is 0.251 e. The second kappa shape index (κ2) is 7.65. The number of aryl methyl sites for hydroxylation is 2. The van der Waals surface area contributed by atoms with Crippen molar-refractivity contribution in [3.05, 3.63) is 34.9 Å². The first-order chi connectivity index (χ1) is 9.42. The first-order valence-corrected chi connectivity index (χ1v) is 6.66. The Balaban J connectivity index is 2.45. The van der Waals surface area contributed by atoms with Gasteiger partial charge in [0.2, 0.25) is 5.91 Å². The van der Waals surface area contributed by atoms with E-state index in [4.69, 9.17) is 5.11 Å². The van der Waals surface area contributed by atoms with Crippen LogP contribution < -0.4 is 10.6 Å². The van der Waals surface area contributed by atoms with Gasteiger partial charge in [0.1, 0.15) is 0 Å². The SMILES string of the molecule is Cc1cc(C)cc(C(=O)NCC(=O)NCC(C)CO)c1. The topological polar surface area (TPSA) is 78.4 Å². The van der Waals surface area contributed by atoms with Crippen molar-refractivity contribution < 1.29 is 14.7 Å². The molecule has 2 amide bonds. The molecule has 3 N–H and O–H groups in total. The normalized spacial score (nSPS) is 11.8. The molecule has 0 heterocycles. The Morgan fingerprint density at radius 2 is 1.75 bits per heavy atom. The summed E-state index contributed by atoms with van der Waals surface area (Å²) < 4.78 is 0. The van der Waals surface area contributed by atoms with Gasteiger partial charge in [0.25, 0.3) is 5.91 Å². The average Bonchev–Trinajstić information content (AvgIpc) is 2.40. The van der Waals surface area contributed by atoms with Gasteiger partial charge in [-0.05, 0) is 31.9 Å². The molecule has 0 spiro atoms. The number of benzene rings is 1. The molecule has 0 aliphatic rings.